The fourth-order valence-corrected chi connectivity index (χ4v) is 4.16. The molecule has 0 aliphatic heterocycles. The number of hydrogen-bond acceptors (Lipinski definition) is 3. The van der Waals surface area contributed by atoms with Crippen LogP contribution in [0.5, 0.6) is 0 Å². The lowest BCUT2D eigenvalue weighted by Crippen LogP contribution is -2.19. The van der Waals surface area contributed by atoms with Crippen LogP contribution in [0.2, 0.25) is 0 Å². The topological polar surface area (TPSA) is 25.2 Å². The zero-order chi connectivity index (χ0) is 16.6. The van der Waals surface area contributed by atoms with Gasteiger partial charge in [0, 0.05) is 36.8 Å². The van der Waals surface area contributed by atoms with Gasteiger partial charge in [0.25, 0.3) is 0 Å². The highest BCUT2D eigenvalue weighted by molar-refractivity contribution is 7.18. The molecule has 0 atom stereocenters. The normalized spacial score (nSPS) is 11.5. The average Bonchev–Trinajstić information content (AvgIpc) is 2.83. The Balaban J connectivity index is 1.97. The van der Waals surface area contributed by atoms with E-state index < -0.39 is 0 Å². The van der Waals surface area contributed by atoms with Crippen molar-refractivity contribution in [2.24, 2.45) is 7.05 Å². The third kappa shape index (κ3) is 3.09. The zero-order valence-electron chi connectivity index (χ0n) is 14.1. The molecule has 2 heterocycles. The van der Waals surface area contributed by atoms with Crippen LogP contribution in [-0.4, -0.2) is 16.5 Å². The number of aryl methyl sites for hydroxylation is 3. The van der Waals surface area contributed by atoms with E-state index in [1.54, 1.807) is 11.3 Å². The summed E-state index contributed by atoms with van der Waals surface area (Å²) >= 11 is 1.71. The van der Waals surface area contributed by atoms with Gasteiger partial charge in [-0.15, -0.1) is 11.3 Å². The first-order valence-electron chi connectivity index (χ1n) is 7.78. The monoisotopic (exact) mass is 326 g/mol. The Kier molecular flexibility index (Phi) is 4.37. The van der Waals surface area contributed by atoms with E-state index in [-0.39, 0.29) is 5.43 Å². The van der Waals surface area contributed by atoms with Crippen LogP contribution in [0.15, 0.2) is 41.3 Å². The third-order valence-electron chi connectivity index (χ3n) is 4.21. The van der Waals surface area contributed by atoms with Crippen LogP contribution in [0.3, 0.4) is 0 Å². The summed E-state index contributed by atoms with van der Waals surface area (Å²) in [5, 5.41) is 0.898. The van der Waals surface area contributed by atoms with Crippen molar-refractivity contribution in [1.29, 1.82) is 0 Å². The summed E-state index contributed by atoms with van der Waals surface area (Å²) in [4.78, 5) is 17.2. The molecule has 0 aliphatic carbocycles. The molecule has 4 heteroatoms. The molecule has 3 nitrogen and oxygen atoms in total. The molecule has 0 saturated heterocycles. The molecule has 0 fully saturated rings. The molecule has 0 amide bonds. The molecule has 0 spiro atoms. The quantitative estimate of drug-likeness (QED) is 0.727. The number of aromatic nitrogens is 1. The van der Waals surface area contributed by atoms with Gasteiger partial charge in [-0.05, 0) is 32.0 Å². The SMILES string of the molecule is Cc1sc2c(c1CN(C)Cc1ccccc1)c(=O)c(C)cn2C. The van der Waals surface area contributed by atoms with Crippen LogP contribution in [0, 0.1) is 13.8 Å². The van der Waals surface area contributed by atoms with Gasteiger partial charge in [0.05, 0.1) is 5.39 Å². The second-order valence-electron chi connectivity index (χ2n) is 6.23. The largest absolute Gasteiger partial charge is 0.342 e. The molecule has 0 unspecified atom stereocenters. The van der Waals surface area contributed by atoms with Crippen molar-refractivity contribution in [2.45, 2.75) is 26.9 Å². The zero-order valence-corrected chi connectivity index (χ0v) is 14.9. The van der Waals surface area contributed by atoms with Gasteiger partial charge in [0.2, 0.25) is 0 Å². The molecule has 0 saturated carbocycles. The minimum Gasteiger partial charge on any atom is -0.342 e. The van der Waals surface area contributed by atoms with Crippen LogP contribution < -0.4 is 5.43 Å². The minimum absolute atomic E-state index is 0.172. The van der Waals surface area contributed by atoms with Gasteiger partial charge < -0.3 is 4.57 Å². The maximum Gasteiger partial charge on any atom is 0.193 e. The minimum atomic E-state index is 0.172. The Morgan fingerprint density at radius 3 is 2.52 bits per heavy atom. The van der Waals surface area contributed by atoms with Crippen molar-refractivity contribution in [3.05, 3.63) is 68.3 Å². The summed E-state index contributed by atoms with van der Waals surface area (Å²) in [6.45, 7) is 5.68. The maximum atomic E-state index is 12.6. The fourth-order valence-electron chi connectivity index (χ4n) is 3.06. The van der Waals surface area contributed by atoms with Crippen LogP contribution in [0.25, 0.3) is 10.2 Å². The second-order valence-corrected chi connectivity index (χ2v) is 7.43. The molecule has 23 heavy (non-hydrogen) atoms. The van der Waals surface area contributed by atoms with Gasteiger partial charge in [0.1, 0.15) is 4.83 Å². The van der Waals surface area contributed by atoms with E-state index in [4.69, 9.17) is 0 Å². The van der Waals surface area contributed by atoms with Crippen LogP contribution in [-0.2, 0) is 20.1 Å². The lowest BCUT2D eigenvalue weighted by Gasteiger charge is -2.17. The highest BCUT2D eigenvalue weighted by Crippen LogP contribution is 2.29. The summed E-state index contributed by atoms with van der Waals surface area (Å²) in [7, 11) is 4.12. The Bertz CT molecular complexity index is 893. The number of pyridine rings is 1. The number of rotatable bonds is 4. The molecular formula is C19H22N2OS. The first-order valence-corrected chi connectivity index (χ1v) is 8.59. The summed E-state index contributed by atoms with van der Waals surface area (Å²) < 4.78 is 2.07. The van der Waals surface area contributed by atoms with Crippen molar-refractivity contribution in [1.82, 2.24) is 9.47 Å². The van der Waals surface area contributed by atoms with Crippen molar-refractivity contribution < 1.29 is 0 Å². The Morgan fingerprint density at radius 1 is 1.13 bits per heavy atom. The van der Waals surface area contributed by atoms with Crippen molar-refractivity contribution in [2.75, 3.05) is 7.05 Å². The molecule has 0 bridgehead atoms. The standard InChI is InChI=1S/C19H22N2OS/c1-13-10-21(4)19-17(18(13)22)16(14(2)23-19)12-20(3)11-15-8-6-5-7-9-15/h5-10H,11-12H2,1-4H3. The van der Waals surface area contributed by atoms with E-state index in [1.165, 1.54) is 16.0 Å². The van der Waals surface area contributed by atoms with Gasteiger partial charge in [0.15, 0.2) is 5.43 Å². The number of hydrogen-bond donors (Lipinski definition) is 0. The summed E-state index contributed by atoms with van der Waals surface area (Å²) in [6.07, 6.45) is 1.93. The first-order chi connectivity index (χ1) is 11.0. The van der Waals surface area contributed by atoms with Gasteiger partial charge in [-0.1, -0.05) is 30.3 Å². The van der Waals surface area contributed by atoms with E-state index in [1.807, 2.05) is 26.2 Å². The summed E-state index contributed by atoms with van der Waals surface area (Å²) in [6, 6.07) is 10.4. The number of fused-ring (bicyclic) bond motifs is 1. The summed E-state index contributed by atoms with van der Waals surface area (Å²) in [5.74, 6) is 0. The molecule has 0 N–H and O–H groups in total. The van der Waals surface area contributed by atoms with E-state index in [9.17, 15) is 4.79 Å². The Hall–Kier alpha value is -1.91. The lowest BCUT2D eigenvalue weighted by molar-refractivity contribution is 0.320. The van der Waals surface area contributed by atoms with E-state index in [0.29, 0.717) is 0 Å². The van der Waals surface area contributed by atoms with Crippen LogP contribution in [0.4, 0.5) is 0 Å². The molecule has 3 rings (SSSR count). The van der Waals surface area contributed by atoms with Gasteiger partial charge in [-0.3, -0.25) is 9.69 Å². The van der Waals surface area contributed by atoms with E-state index >= 15 is 0 Å². The number of thiophene rings is 1. The molecule has 0 aliphatic rings. The molecular weight excluding hydrogens is 304 g/mol. The molecule has 3 aromatic rings. The van der Waals surface area contributed by atoms with Crippen LogP contribution >= 0.6 is 11.3 Å². The van der Waals surface area contributed by atoms with Gasteiger partial charge in [-0.2, -0.15) is 0 Å². The number of nitrogens with zero attached hydrogens (tertiary/aromatic N) is 2. The Morgan fingerprint density at radius 2 is 1.83 bits per heavy atom. The van der Waals surface area contributed by atoms with Crippen LogP contribution in [0.1, 0.15) is 21.6 Å². The maximum absolute atomic E-state index is 12.6. The highest BCUT2D eigenvalue weighted by atomic mass is 32.1. The van der Waals surface area contributed by atoms with Gasteiger partial charge in [-0.25, -0.2) is 0 Å². The van der Waals surface area contributed by atoms with Crippen molar-refractivity contribution in [3.63, 3.8) is 0 Å². The van der Waals surface area contributed by atoms with E-state index in [0.717, 1.165) is 28.9 Å². The summed E-state index contributed by atoms with van der Waals surface area (Å²) in [5.41, 5.74) is 3.44. The molecule has 0 radical (unpaired) electrons. The third-order valence-corrected chi connectivity index (χ3v) is 5.44. The van der Waals surface area contributed by atoms with Crippen molar-refractivity contribution >= 4 is 21.6 Å². The molecule has 120 valence electrons. The second kappa shape index (κ2) is 6.30. The van der Waals surface area contributed by atoms with Gasteiger partial charge >= 0.3 is 0 Å². The first kappa shape index (κ1) is 16.0. The highest BCUT2D eigenvalue weighted by Gasteiger charge is 2.16. The average molecular weight is 326 g/mol. The molecule has 2 aromatic heterocycles. The number of benzene rings is 1. The van der Waals surface area contributed by atoms with E-state index in [2.05, 4.69) is 47.7 Å². The fraction of sp³-hybridized carbons (Fsp3) is 0.316. The molecule has 1 aromatic carbocycles. The smallest absolute Gasteiger partial charge is 0.193 e. The Labute approximate surface area is 140 Å². The predicted octanol–water partition coefficient (Wildman–Crippen LogP) is 3.85. The van der Waals surface area contributed by atoms with Crippen molar-refractivity contribution in [3.8, 4) is 0 Å². The lowest BCUT2D eigenvalue weighted by atomic mass is 10.1. The predicted molar refractivity (Wildman–Crippen MR) is 98.2 cm³/mol.